The largest absolute Gasteiger partial charge is 0.469 e. The molecule has 1 heterocycles. The molecule has 7 heteroatoms. The molecule has 0 bridgehead atoms. The van der Waals surface area contributed by atoms with Gasteiger partial charge in [0.1, 0.15) is 0 Å². The number of hydrogen-bond acceptors (Lipinski definition) is 4. The van der Waals surface area contributed by atoms with Crippen LogP contribution in [0.5, 0.6) is 0 Å². The van der Waals surface area contributed by atoms with Crippen molar-refractivity contribution in [1.29, 1.82) is 0 Å². The second-order valence-corrected chi connectivity index (χ2v) is 9.81. The van der Waals surface area contributed by atoms with Crippen LogP contribution in [0.4, 0.5) is 5.69 Å². The number of fused-ring (bicyclic) bond motifs is 3. The zero-order valence-corrected chi connectivity index (χ0v) is 19.0. The molecular formula is C24H22ClNO4S. The van der Waals surface area contributed by atoms with E-state index in [1.165, 1.54) is 23.5 Å². The van der Waals surface area contributed by atoms with Gasteiger partial charge in [-0.1, -0.05) is 41.9 Å². The average Bonchev–Trinajstić information content (AvgIpc) is 2.75. The summed E-state index contributed by atoms with van der Waals surface area (Å²) < 4.78 is 34.0. The van der Waals surface area contributed by atoms with E-state index in [2.05, 4.69) is 0 Å². The van der Waals surface area contributed by atoms with Crippen molar-refractivity contribution < 1.29 is 17.9 Å². The lowest BCUT2D eigenvalue weighted by molar-refractivity contribution is -0.141. The number of para-hydroxylation sites is 1. The number of sulfonamides is 1. The molecule has 0 saturated carbocycles. The second kappa shape index (κ2) is 8.02. The number of hydrogen-bond donors (Lipinski definition) is 0. The number of ether oxygens (including phenoxy) is 1. The molecule has 0 radical (unpaired) electrons. The highest BCUT2D eigenvalue weighted by Gasteiger charge is 2.41. The maximum absolute atomic E-state index is 13.9. The Kier molecular flexibility index (Phi) is 5.54. The van der Waals surface area contributed by atoms with E-state index in [9.17, 15) is 13.2 Å². The predicted molar refractivity (Wildman–Crippen MR) is 122 cm³/mol. The van der Waals surface area contributed by atoms with Gasteiger partial charge in [-0.3, -0.25) is 9.10 Å². The maximum atomic E-state index is 13.9. The molecule has 0 N–H and O–H groups in total. The van der Waals surface area contributed by atoms with Crippen LogP contribution in [0.1, 0.15) is 29.2 Å². The highest BCUT2D eigenvalue weighted by molar-refractivity contribution is 7.92. The summed E-state index contributed by atoms with van der Waals surface area (Å²) in [6.07, 6.45) is -0.102. The van der Waals surface area contributed by atoms with Crippen molar-refractivity contribution in [2.75, 3.05) is 11.4 Å². The van der Waals surface area contributed by atoms with Gasteiger partial charge in [-0.2, -0.15) is 0 Å². The van der Waals surface area contributed by atoms with E-state index < -0.39 is 22.0 Å². The first-order valence-electron chi connectivity index (χ1n) is 9.82. The molecule has 5 nitrogen and oxygen atoms in total. The lowest BCUT2D eigenvalue weighted by atomic mass is 9.83. The minimum absolute atomic E-state index is 0.102. The first-order chi connectivity index (χ1) is 14.8. The lowest BCUT2D eigenvalue weighted by Gasteiger charge is -2.40. The van der Waals surface area contributed by atoms with Crippen LogP contribution in [0, 0.1) is 13.8 Å². The molecular weight excluding hydrogens is 434 g/mol. The first kappa shape index (κ1) is 21.4. The van der Waals surface area contributed by atoms with E-state index in [0.29, 0.717) is 10.7 Å². The number of nitrogens with zero attached hydrogens (tertiary/aromatic N) is 1. The molecule has 4 rings (SSSR count). The van der Waals surface area contributed by atoms with Gasteiger partial charge in [0, 0.05) is 10.6 Å². The van der Waals surface area contributed by atoms with Crippen LogP contribution in [0.25, 0.3) is 11.1 Å². The SMILES string of the molecule is COC(=O)CC1c2c(C)ccc(C)c2-c2ccccc2N1S(=O)(=O)c1ccc(Cl)cc1. The van der Waals surface area contributed by atoms with E-state index in [-0.39, 0.29) is 11.3 Å². The Bertz CT molecular complexity index is 1270. The fourth-order valence-electron chi connectivity index (χ4n) is 4.23. The number of carbonyl (C=O) groups excluding carboxylic acids is 1. The predicted octanol–water partition coefficient (Wildman–Crippen LogP) is 5.44. The van der Waals surface area contributed by atoms with Gasteiger partial charge in [0.15, 0.2) is 0 Å². The maximum Gasteiger partial charge on any atom is 0.307 e. The topological polar surface area (TPSA) is 63.7 Å². The molecule has 3 aromatic rings. The van der Waals surface area contributed by atoms with Crippen molar-refractivity contribution >= 4 is 33.3 Å². The number of rotatable bonds is 4. The molecule has 160 valence electrons. The van der Waals surface area contributed by atoms with Gasteiger partial charge in [0.25, 0.3) is 10.0 Å². The second-order valence-electron chi connectivity index (χ2n) is 7.56. The van der Waals surface area contributed by atoms with Gasteiger partial charge in [-0.15, -0.1) is 0 Å². The van der Waals surface area contributed by atoms with E-state index in [1.807, 2.05) is 38.1 Å². The Labute approximate surface area is 187 Å². The highest BCUT2D eigenvalue weighted by Crippen LogP contribution is 2.50. The fraction of sp³-hybridized carbons (Fsp3) is 0.208. The van der Waals surface area contributed by atoms with E-state index in [4.69, 9.17) is 16.3 Å². The van der Waals surface area contributed by atoms with Gasteiger partial charge in [0.2, 0.25) is 0 Å². The van der Waals surface area contributed by atoms with Crippen molar-refractivity contribution in [3.63, 3.8) is 0 Å². The molecule has 0 fully saturated rings. The van der Waals surface area contributed by atoms with Crippen molar-refractivity contribution in [3.8, 4) is 11.1 Å². The summed E-state index contributed by atoms with van der Waals surface area (Å²) in [6.45, 7) is 3.93. The molecule has 0 spiro atoms. The van der Waals surface area contributed by atoms with Crippen LogP contribution in [0.15, 0.2) is 65.6 Å². The Morgan fingerprint density at radius 2 is 1.65 bits per heavy atom. The van der Waals surface area contributed by atoms with Crippen molar-refractivity contribution in [1.82, 2.24) is 0 Å². The normalized spacial score (nSPS) is 15.2. The molecule has 1 atom stereocenters. The molecule has 1 aliphatic heterocycles. The van der Waals surface area contributed by atoms with Gasteiger partial charge >= 0.3 is 5.97 Å². The number of halogens is 1. The van der Waals surface area contributed by atoms with Gasteiger partial charge in [0.05, 0.1) is 30.2 Å². The van der Waals surface area contributed by atoms with Crippen LogP contribution >= 0.6 is 11.6 Å². The zero-order chi connectivity index (χ0) is 22.3. The minimum atomic E-state index is -4.00. The van der Waals surface area contributed by atoms with Crippen LogP contribution in [-0.2, 0) is 19.6 Å². The number of methoxy groups -OCH3 is 1. The summed E-state index contributed by atoms with van der Waals surface area (Å²) in [6, 6.07) is 16.7. The number of aryl methyl sites for hydroxylation is 2. The first-order valence-corrected chi connectivity index (χ1v) is 11.6. The summed E-state index contributed by atoms with van der Waals surface area (Å²) in [7, 11) is -2.69. The number of carbonyl (C=O) groups is 1. The Hall–Kier alpha value is -2.83. The Morgan fingerprint density at radius 1 is 1.00 bits per heavy atom. The third-order valence-electron chi connectivity index (χ3n) is 5.66. The average molecular weight is 456 g/mol. The quantitative estimate of drug-likeness (QED) is 0.491. The summed E-state index contributed by atoms with van der Waals surface area (Å²) in [5.41, 5.74) is 5.07. The van der Waals surface area contributed by atoms with Crippen LogP contribution in [-0.4, -0.2) is 21.5 Å². The smallest absolute Gasteiger partial charge is 0.307 e. The monoisotopic (exact) mass is 455 g/mol. The molecule has 0 aromatic heterocycles. The molecule has 0 saturated heterocycles. The van der Waals surface area contributed by atoms with Crippen molar-refractivity contribution in [2.24, 2.45) is 0 Å². The molecule has 1 unspecified atom stereocenters. The van der Waals surface area contributed by atoms with E-state index in [0.717, 1.165) is 27.8 Å². The highest BCUT2D eigenvalue weighted by atomic mass is 35.5. The fourth-order valence-corrected chi connectivity index (χ4v) is 5.99. The minimum Gasteiger partial charge on any atom is -0.469 e. The van der Waals surface area contributed by atoms with Crippen LogP contribution in [0.3, 0.4) is 0 Å². The number of esters is 1. The Morgan fingerprint density at radius 3 is 2.32 bits per heavy atom. The molecule has 0 aliphatic carbocycles. The Balaban J connectivity index is 2.04. The third-order valence-corrected chi connectivity index (χ3v) is 7.75. The van der Waals surface area contributed by atoms with Gasteiger partial charge < -0.3 is 4.74 Å². The third kappa shape index (κ3) is 3.60. The van der Waals surface area contributed by atoms with Crippen LogP contribution < -0.4 is 4.31 Å². The molecule has 1 aliphatic rings. The number of anilines is 1. The molecule has 0 amide bonds. The summed E-state index contributed by atoms with van der Waals surface area (Å²) >= 11 is 5.98. The standard InChI is InChI=1S/C24H22ClNO4S/c1-15-8-9-16(2)24-21(14-22(27)30-3)26(20-7-5-4-6-19(20)23(15)24)31(28,29)18-12-10-17(25)11-13-18/h4-13,21H,14H2,1-3H3. The molecule has 31 heavy (non-hydrogen) atoms. The van der Waals surface area contributed by atoms with Crippen molar-refractivity contribution in [3.05, 3.63) is 82.4 Å². The zero-order valence-electron chi connectivity index (χ0n) is 17.4. The lowest BCUT2D eigenvalue weighted by Crippen LogP contribution is -2.39. The number of benzene rings is 3. The summed E-state index contributed by atoms with van der Waals surface area (Å²) in [4.78, 5) is 12.5. The van der Waals surface area contributed by atoms with E-state index >= 15 is 0 Å². The van der Waals surface area contributed by atoms with Crippen LogP contribution in [0.2, 0.25) is 5.02 Å². The summed E-state index contributed by atoms with van der Waals surface area (Å²) in [5.74, 6) is -0.479. The van der Waals surface area contributed by atoms with Gasteiger partial charge in [-0.25, -0.2) is 8.42 Å². The van der Waals surface area contributed by atoms with E-state index in [1.54, 1.807) is 24.3 Å². The molecule has 3 aromatic carbocycles. The van der Waals surface area contributed by atoms with Crippen molar-refractivity contribution in [2.45, 2.75) is 31.2 Å². The van der Waals surface area contributed by atoms with Gasteiger partial charge in [-0.05, 0) is 66.4 Å². The summed E-state index contributed by atoms with van der Waals surface area (Å²) in [5, 5.41) is 0.445.